The largest absolute Gasteiger partial charge is 0.497 e. The van der Waals surface area contributed by atoms with Crippen molar-refractivity contribution in [2.75, 3.05) is 17.7 Å². The SMILES string of the molecule is CC[C@@H](NC(=O)c1ccc(N(Cc2ccccc2)S(C)(=O)=O)cc1)c1ccc(OC)cc1. The number of carbonyl (C=O) groups excluding carboxylic acids is 1. The molecule has 3 aromatic carbocycles. The van der Waals surface area contributed by atoms with E-state index in [0.717, 1.165) is 23.3 Å². The summed E-state index contributed by atoms with van der Waals surface area (Å²) in [5.74, 6) is 0.546. The number of hydrogen-bond donors (Lipinski definition) is 1. The molecule has 0 aliphatic heterocycles. The number of nitrogens with one attached hydrogen (secondary N) is 1. The maximum absolute atomic E-state index is 12.8. The van der Waals surface area contributed by atoms with Gasteiger partial charge in [0, 0.05) is 5.56 Å². The van der Waals surface area contributed by atoms with Crippen LogP contribution in [0, 0.1) is 0 Å². The maximum atomic E-state index is 12.8. The maximum Gasteiger partial charge on any atom is 0.251 e. The predicted octanol–water partition coefficient (Wildman–Crippen LogP) is 4.54. The van der Waals surface area contributed by atoms with Crippen molar-refractivity contribution in [2.24, 2.45) is 0 Å². The molecule has 0 saturated heterocycles. The van der Waals surface area contributed by atoms with Crippen LogP contribution in [0.1, 0.15) is 40.9 Å². The summed E-state index contributed by atoms with van der Waals surface area (Å²) in [4.78, 5) is 12.8. The first kappa shape index (κ1) is 23.3. The Hall–Kier alpha value is -3.32. The molecule has 1 amide bonds. The van der Waals surface area contributed by atoms with E-state index in [-0.39, 0.29) is 18.5 Å². The Morgan fingerprint density at radius 2 is 1.59 bits per heavy atom. The summed E-state index contributed by atoms with van der Waals surface area (Å²) in [5, 5.41) is 3.04. The minimum absolute atomic E-state index is 0.140. The van der Waals surface area contributed by atoms with E-state index >= 15 is 0 Å². The molecule has 0 aromatic heterocycles. The van der Waals surface area contributed by atoms with Gasteiger partial charge in [-0.15, -0.1) is 0 Å². The molecule has 0 spiro atoms. The lowest BCUT2D eigenvalue weighted by Crippen LogP contribution is -2.30. The highest BCUT2D eigenvalue weighted by molar-refractivity contribution is 7.92. The zero-order valence-electron chi connectivity index (χ0n) is 18.5. The van der Waals surface area contributed by atoms with Crippen LogP contribution in [0.3, 0.4) is 0 Å². The molecule has 0 bridgehead atoms. The van der Waals surface area contributed by atoms with Gasteiger partial charge >= 0.3 is 0 Å². The molecule has 3 rings (SSSR count). The number of nitrogens with zero attached hydrogens (tertiary/aromatic N) is 1. The molecule has 168 valence electrons. The van der Waals surface area contributed by atoms with E-state index in [9.17, 15) is 13.2 Å². The fourth-order valence-electron chi connectivity index (χ4n) is 3.43. The second kappa shape index (κ2) is 10.3. The van der Waals surface area contributed by atoms with Gasteiger partial charge < -0.3 is 10.1 Å². The van der Waals surface area contributed by atoms with Gasteiger partial charge in [-0.05, 0) is 53.9 Å². The zero-order chi connectivity index (χ0) is 23.1. The number of anilines is 1. The van der Waals surface area contributed by atoms with Crippen molar-refractivity contribution in [3.8, 4) is 5.75 Å². The van der Waals surface area contributed by atoms with Gasteiger partial charge in [0.25, 0.3) is 5.91 Å². The van der Waals surface area contributed by atoms with Gasteiger partial charge in [-0.2, -0.15) is 0 Å². The Bertz CT molecular complexity index is 1130. The average Bonchev–Trinajstić information content (AvgIpc) is 2.81. The molecule has 0 radical (unpaired) electrons. The van der Waals surface area contributed by atoms with E-state index in [0.29, 0.717) is 11.3 Å². The van der Waals surface area contributed by atoms with Crippen molar-refractivity contribution >= 4 is 21.6 Å². The van der Waals surface area contributed by atoms with Gasteiger partial charge in [0.1, 0.15) is 5.75 Å². The lowest BCUT2D eigenvalue weighted by atomic mass is 10.0. The molecule has 6 nitrogen and oxygen atoms in total. The molecule has 1 N–H and O–H groups in total. The first-order valence-electron chi connectivity index (χ1n) is 10.4. The van der Waals surface area contributed by atoms with Crippen molar-refractivity contribution in [1.29, 1.82) is 0 Å². The molecule has 0 unspecified atom stereocenters. The molecule has 32 heavy (non-hydrogen) atoms. The number of methoxy groups -OCH3 is 1. The fourth-order valence-corrected chi connectivity index (χ4v) is 4.32. The van der Waals surface area contributed by atoms with Gasteiger partial charge in [-0.1, -0.05) is 49.4 Å². The van der Waals surface area contributed by atoms with Crippen molar-refractivity contribution < 1.29 is 17.9 Å². The van der Waals surface area contributed by atoms with Crippen molar-refractivity contribution in [3.63, 3.8) is 0 Å². The van der Waals surface area contributed by atoms with Crippen LogP contribution >= 0.6 is 0 Å². The molecule has 0 fully saturated rings. The van der Waals surface area contributed by atoms with E-state index < -0.39 is 10.0 Å². The lowest BCUT2D eigenvalue weighted by Gasteiger charge is -2.23. The van der Waals surface area contributed by atoms with E-state index in [1.165, 1.54) is 10.6 Å². The first-order valence-corrected chi connectivity index (χ1v) is 12.2. The van der Waals surface area contributed by atoms with Crippen LogP contribution in [0.25, 0.3) is 0 Å². The molecule has 0 heterocycles. The van der Waals surface area contributed by atoms with Crippen LogP contribution in [-0.4, -0.2) is 27.7 Å². The van der Waals surface area contributed by atoms with Crippen LogP contribution in [0.2, 0.25) is 0 Å². The Labute approximate surface area is 189 Å². The van der Waals surface area contributed by atoms with Crippen molar-refractivity contribution in [3.05, 3.63) is 95.6 Å². The van der Waals surface area contributed by atoms with Gasteiger partial charge in [0.2, 0.25) is 10.0 Å². The summed E-state index contributed by atoms with van der Waals surface area (Å²) < 4.78 is 31.3. The van der Waals surface area contributed by atoms with E-state index in [4.69, 9.17) is 4.74 Å². The lowest BCUT2D eigenvalue weighted by molar-refractivity contribution is 0.0935. The third kappa shape index (κ3) is 5.88. The van der Waals surface area contributed by atoms with Crippen molar-refractivity contribution in [1.82, 2.24) is 5.32 Å². The Balaban J connectivity index is 1.75. The number of amides is 1. The monoisotopic (exact) mass is 452 g/mol. The first-order chi connectivity index (χ1) is 15.3. The summed E-state index contributed by atoms with van der Waals surface area (Å²) in [6.07, 6.45) is 1.91. The highest BCUT2D eigenvalue weighted by Gasteiger charge is 2.19. The number of ether oxygens (including phenoxy) is 1. The van der Waals surface area contributed by atoms with Gasteiger partial charge in [-0.3, -0.25) is 9.10 Å². The summed E-state index contributed by atoms with van der Waals surface area (Å²) in [6.45, 7) is 2.23. The number of carbonyl (C=O) groups is 1. The second-order valence-corrected chi connectivity index (χ2v) is 9.42. The Morgan fingerprint density at radius 3 is 2.12 bits per heavy atom. The van der Waals surface area contributed by atoms with E-state index in [2.05, 4.69) is 5.32 Å². The van der Waals surface area contributed by atoms with Gasteiger partial charge in [0.15, 0.2) is 0 Å². The number of sulfonamides is 1. The quantitative estimate of drug-likeness (QED) is 0.517. The van der Waals surface area contributed by atoms with E-state index in [1.54, 1.807) is 31.4 Å². The topological polar surface area (TPSA) is 75.7 Å². The summed E-state index contributed by atoms with van der Waals surface area (Å²) in [7, 11) is -1.88. The van der Waals surface area contributed by atoms with Gasteiger partial charge in [-0.25, -0.2) is 8.42 Å². The van der Waals surface area contributed by atoms with Crippen LogP contribution in [0.5, 0.6) is 5.75 Å². The molecule has 0 saturated carbocycles. The Morgan fingerprint density at radius 1 is 0.969 bits per heavy atom. The molecule has 7 heteroatoms. The number of hydrogen-bond acceptors (Lipinski definition) is 4. The molecular weight excluding hydrogens is 424 g/mol. The summed E-state index contributed by atoms with van der Waals surface area (Å²) >= 11 is 0. The minimum atomic E-state index is -3.49. The highest BCUT2D eigenvalue weighted by atomic mass is 32.2. The standard InChI is InChI=1S/C25H28N2O4S/c1-4-24(20-12-16-23(31-2)17-13-20)26-25(28)21-10-14-22(15-11-21)27(32(3,29)30)18-19-8-6-5-7-9-19/h5-17,24H,4,18H2,1-3H3,(H,26,28)/t24-/m1/s1. The van der Waals surface area contributed by atoms with Crippen molar-refractivity contribution in [2.45, 2.75) is 25.9 Å². The third-order valence-corrected chi connectivity index (χ3v) is 6.36. The second-order valence-electron chi connectivity index (χ2n) is 7.51. The van der Waals surface area contributed by atoms with Crippen LogP contribution in [0.15, 0.2) is 78.9 Å². The molecule has 3 aromatic rings. The third-order valence-electron chi connectivity index (χ3n) is 5.22. The molecule has 1 atom stereocenters. The number of benzene rings is 3. The van der Waals surface area contributed by atoms with Crippen LogP contribution in [-0.2, 0) is 16.6 Å². The predicted molar refractivity (Wildman–Crippen MR) is 127 cm³/mol. The summed E-state index contributed by atoms with van der Waals surface area (Å²) in [6, 6.07) is 23.5. The smallest absolute Gasteiger partial charge is 0.251 e. The fraction of sp³-hybridized carbons (Fsp3) is 0.240. The molecular formula is C25H28N2O4S. The van der Waals surface area contributed by atoms with E-state index in [1.807, 2.05) is 61.5 Å². The summed E-state index contributed by atoms with van der Waals surface area (Å²) in [5.41, 5.74) is 2.85. The average molecular weight is 453 g/mol. The Kier molecular flexibility index (Phi) is 7.53. The normalized spacial score (nSPS) is 12.1. The molecule has 0 aliphatic rings. The molecule has 0 aliphatic carbocycles. The number of rotatable bonds is 9. The minimum Gasteiger partial charge on any atom is -0.497 e. The van der Waals surface area contributed by atoms with Gasteiger partial charge in [0.05, 0.1) is 31.6 Å². The van der Waals surface area contributed by atoms with Crippen LogP contribution in [0.4, 0.5) is 5.69 Å². The van der Waals surface area contributed by atoms with Crippen LogP contribution < -0.4 is 14.4 Å². The highest BCUT2D eigenvalue weighted by Crippen LogP contribution is 2.23. The zero-order valence-corrected chi connectivity index (χ0v) is 19.3.